The van der Waals surface area contributed by atoms with Gasteiger partial charge in [-0.1, -0.05) is 18.2 Å². The molecule has 0 aromatic heterocycles. The number of hydrogen-bond donors (Lipinski definition) is 0. The van der Waals surface area contributed by atoms with Crippen molar-refractivity contribution in [1.82, 2.24) is 0 Å². The molecule has 1 nitrogen and oxygen atoms in total. The predicted molar refractivity (Wildman–Crippen MR) is 53.2 cm³/mol. The Morgan fingerprint density at radius 1 is 1.38 bits per heavy atom. The zero-order valence-corrected chi connectivity index (χ0v) is 8.85. The molecule has 0 radical (unpaired) electrons. The van der Waals surface area contributed by atoms with Crippen molar-refractivity contribution in [2.45, 2.75) is 18.5 Å². The standard InChI is InChI=1S/C11H8ClF3O/c12-10(16)9-5-8(9)6-2-1-3-7(4-6)11(13,14)15/h1-4,8-9H,5H2. The third kappa shape index (κ3) is 2.21. The van der Waals surface area contributed by atoms with Crippen LogP contribution in [0.1, 0.15) is 23.5 Å². The summed E-state index contributed by atoms with van der Waals surface area (Å²) in [6.07, 6.45) is -3.80. The van der Waals surface area contributed by atoms with Crippen LogP contribution in [0.3, 0.4) is 0 Å². The van der Waals surface area contributed by atoms with Crippen molar-refractivity contribution < 1.29 is 18.0 Å². The zero-order valence-electron chi connectivity index (χ0n) is 8.09. The quantitative estimate of drug-likeness (QED) is 0.731. The summed E-state index contributed by atoms with van der Waals surface area (Å²) >= 11 is 5.29. The molecular formula is C11H8ClF3O. The van der Waals surface area contributed by atoms with Crippen LogP contribution in [0.2, 0.25) is 0 Å². The molecule has 0 spiro atoms. The monoisotopic (exact) mass is 248 g/mol. The van der Waals surface area contributed by atoms with E-state index in [0.717, 1.165) is 12.1 Å². The normalized spacial score (nSPS) is 24.2. The van der Waals surface area contributed by atoms with Crippen molar-refractivity contribution in [3.63, 3.8) is 0 Å². The van der Waals surface area contributed by atoms with E-state index >= 15 is 0 Å². The van der Waals surface area contributed by atoms with Gasteiger partial charge in [-0.25, -0.2) is 0 Å². The van der Waals surface area contributed by atoms with Gasteiger partial charge < -0.3 is 0 Å². The number of carbonyl (C=O) groups excluding carboxylic acids is 1. The Kier molecular flexibility index (Phi) is 2.70. The van der Waals surface area contributed by atoms with E-state index in [9.17, 15) is 18.0 Å². The molecule has 0 heterocycles. The highest BCUT2D eigenvalue weighted by Gasteiger charge is 2.43. The maximum atomic E-state index is 12.4. The Morgan fingerprint density at radius 2 is 2.06 bits per heavy atom. The lowest BCUT2D eigenvalue weighted by Crippen LogP contribution is -2.05. The molecule has 1 aliphatic rings. The number of hydrogen-bond acceptors (Lipinski definition) is 1. The second kappa shape index (κ2) is 3.77. The smallest absolute Gasteiger partial charge is 0.281 e. The number of carbonyl (C=O) groups is 1. The van der Waals surface area contributed by atoms with Gasteiger partial charge in [0, 0.05) is 5.92 Å². The molecule has 0 bridgehead atoms. The fourth-order valence-corrected chi connectivity index (χ4v) is 2.00. The lowest BCUT2D eigenvalue weighted by Gasteiger charge is -2.08. The molecule has 0 saturated heterocycles. The number of halogens is 4. The minimum Gasteiger partial charge on any atom is -0.281 e. The van der Waals surface area contributed by atoms with E-state index in [0.29, 0.717) is 12.0 Å². The van der Waals surface area contributed by atoms with Crippen LogP contribution in [0, 0.1) is 5.92 Å². The molecule has 86 valence electrons. The molecule has 0 aliphatic heterocycles. The van der Waals surface area contributed by atoms with Gasteiger partial charge in [-0.3, -0.25) is 4.79 Å². The van der Waals surface area contributed by atoms with Gasteiger partial charge in [0.15, 0.2) is 0 Å². The maximum absolute atomic E-state index is 12.4. The largest absolute Gasteiger partial charge is 0.416 e. The van der Waals surface area contributed by atoms with Gasteiger partial charge in [0.1, 0.15) is 0 Å². The summed E-state index contributed by atoms with van der Waals surface area (Å²) in [4.78, 5) is 10.8. The van der Waals surface area contributed by atoms with Crippen LogP contribution in [0.25, 0.3) is 0 Å². The first-order valence-corrected chi connectivity index (χ1v) is 5.14. The maximum Gasteiger partial charge on any atom is 0.416 e. The topological polar surface area (TPSA) is 17.1 Å². The van der Waals surface area contributed by atoms with Crippen molar-refractivity contribution in [2.75, 3.05) is 0 Å². The first-order chi connectivity index (χ1) is 7.39. The van der Waals surface area contributed by atoms with Gasteiger partial charge in [-0.2, -0.15) is 13.2 Å². The summed E-state index contributed by atoms with van der Waals surface area (Å²) in [6, 6.07) is 5.06. The first-order valence-electron chi connectivity index (χ1n) is 4.76. The van der Waals surface area contributed by atoms with Crippen LogP contribution in [0.15, 0.2) is 24.3 Å². The molecule has 0 amide bonds. The summed E-state index contributed by atoms with van der Waals surface area (Å²) < 4.78 is 37.2. The van der Waals surface area contributed by atoms with E-state index in [4.69, 9.17) is 11.6 Å². The molecule has 2 rings (SSSR count). The van der Waals surface area contributed by atoms with E-state index in [1.807, 2.05) is 0 Å². The SMILES string of the molecule is O=C(Cl)C1CC1c1cccc(C(F)(F)F)c1. The van der Waals surface area contributed by atoms with E-state index in [2.05, 4.69) is 0 Å². The van der Waals surface area contributed by atoms with E-state index in [1.165, 1.54) is 6.07 Å². The summed E-state index contributed by atoms with van der Waals surface area (Å²) in [5, 5.41) is -0.470. The molecule has 2 unspecified atom stereocenters. The van der Waals surface area contributed by atoms with Gasteiger partial charge in [-0.05, 0) is 35.6 Å². The van der Waals surface area contributed by atoms with E-state index in [-0.39, 0.29) is 11.8 Å². The third-order valence-corrected chi connectivity index (χ3v) is 3.00. The Balaban J connectivity index is 2.22. The second-order valence-corrected chi connectivity index (χ2v) is 4.25. The van der Waals surface area contributed by atoms with Crippen LogP contribution in [0.4, 0.5) is 13.2 Å². The highest BCUT2D eigenvalue weighted by atomic mass is 35.5. The van der Waals surface area contributed by atoms with Crippen LogP contribution < -0.4 is 0 Å². The fraction of sp³-hybridized carbons (Fsp3) is 0.364. The summed E-state index contributed by atoms with van der Waals surface area (Å²) in [7, 11) is 0. The van der Waals surface area contributed by atoms with Crippen molar-refractivity contribution in [2.24, 2.45) is 5.92 Å². The van der Waals surface area contributed by atoms with Gasteiger partial charge in [-0.15, -0.1) is 0 Å². The number of alkyl halides is 3. The minimum atomic E-state index is -4.34. The van der Waals surface area contributed by atoms with Gasteiger partial charge in [0.05, 0.1) is 5.56 Å². The van der Waals surface area contributed by atoms with Crippen molar-refractivity contribution in [1.29, 1.82) is 0 Å². The Bertz CT molecular complexity index is 427. The molecule has 1 aromatic rings. The average Bonchev–Trinajstić information content (AvgIpc) is 2.96. The Morgan fingerprint density at radius 3 is 2.56 bits per heavy atom. The minimum absolute atomic E-state index is 0.146. The van der Waals surface area contributed by atoms with Crippen LogP contribution in [-0.4, -0.2) is 5.24 Å². The number of rotatable bonds is 2. The van der Waals surface area contributed by atoms with Crippen molar-refractivity contribution >= 4 is 16.8 Å². The summed E-state index contributed by atoms with van der Waals surface area (Å²) in [5.74, 6) is -0.461. The molecule has 5 heteroatoms. The molecule has 1 fully saturated rings. The third-order valence-electron chi connectivity index (χ3n) is 2.72. The molecule has 0 N–H and O–H groups in total. The van der Waals surface area contributed by atoms with Crippen molar-refractivity contribution in [3.8, 4) is 0 Å². The average molecular weight is 249 g/mol. The summed E-state index contributed by atoms with van der Waals surface area (Å²) in [5.41, 5.74) is -0.147. The van der Waals surface area contributed by atoms with Gasteiger partial charge >= 0.3 is 6.18 Å². The molecule has 1 aromatic carbocycles. The van der Waals surface area contributed by atoms with Crippen LogP contribution >= 0.6 is 11.6 Å². The van der Waals surface area contributed by atoms with Crippen LogP contribution in [-0.2, 0) is 11.0 Å². The summed E-state index contributed by atoms with van der Waals surface area (Å²) in [6.45, 7) is 0. The van der Waals surface area contributed by atoms with Crippen molar-refractivity contribution in [3.05, 3.63) is 35.4 Å². The first kappa shape index (κ1) is 11.5. The second-order valence-electron chi connectivity index (χ2n) is 3.88. The fourth-order valence-electron chi connectivity index (χ4n) is 1.76. The Labute approximate surface area is 95.2 Å². The van der Waals surface area contributed by atoms with Gasteiger partial charge in [0.2, 0.25) is 5.24 Å². The van der Waals surface area contributed by atoms with E-state index < -0.39 is 17.0 Å². The molecule has 1 aliphatic carbocycles. The van der Waals surface area contributed by atoms with E-state index in [1.54, 1.807) is 6.07 Å². The van der Waals surface area contributed by atoms with Crippen LogP contribution in [0.5, 0.6) is 0 Å². The highest BCUT2D eigenvalue weighted by molar-refractivity contribution is 6.64. The predicted octanol–water partition coefficient (Wildman–Crippen LogP) is 3.57. The molecular weight excluding hydrogens is 241 g/mol. The molecule has 2 atom stereocenters. The highest BCUT2D eigenvalue weighted by Crippen LogP contribution is 2.49. The lowest BCUT2D eigenvalue weighted by atomic mass is 10.1. The lowest BCUT2D eigenvalue weighted by molar-refractivity contribution is -0.137. The van der Waals surface area contributed by atoms with Gasteiger partial charge in [0.25, 0.3) is 0 Å². The molecule has 16 heavy (non-hydrogen) atoms. The Hall–Kier alpha value is -1.03. The zero-order chi connectivity index (χ0) is 11.9. The molecule has 1 saturated carbocycles. The number of benzene rings is 1.